The Morgan fingerprint density at radius 1 is 1.29 bits per heavy atom. The number of primary amides is 1. The fraction of sp³-hybridized carbons (Fsp3) is 0.273. The smallest absolute Gasteiger partial charge is 0.304 e. The third-order valence-corrected chi connectivity index (χ3v) is 3.44. The van der Waals surface area contributed by atoms with E-state index in [-0.39, 0.29) is 17.9 Å². The van der Waals surface area contributed by atoms with Crippen molar-refractivity contribution in [3.8, 4) is 0 Å². The second-order valence-corrected chi connectivity index (χ2v) is 5.03. The molecule has 0 aromatic heterocycles. The molecule has 0 aliphatic rings. The number of benzene rings is 1. The summed E-state index contributed by atoms with van der Waals surface area (Å²) in [5.41, 5.74) is 6.10. The number of hydrogen-bond acceptors (Lipinski definition) is 3. The van der Waals surface area contributed by atoms with Gasteiger partial charge in [0.2, 0.25) is 5.91 Å². The van der Waals surface area contributed by atoms with Gasteiger partial charge in [-0.1, -0.05) is 18.2 Å². The van der Waals surface area contributed by atoms with Crippen LogP contribution < -0.4 is 5.73 Å². The van der Waals surface area contributed by atoms with Gasteiger partial charge in [-0.25, -0.2) is 0 Å². The van der Waals surface area contributed by atoms with Crippen molar-refractivity contribution >= 4 is 22.7 Å². The maximum atomic E-state index is 11.6. The molecule has 0 saturated carbocycles. The zero-order valence-electron chi connectivity index (χ0n) is 9.09. The monoisotopic (exact) mass is 255 g/mol. The molecule has 0 aliphatic carbocycles. The van der Waals surface area contributed by atoms with Crippen molar-refractivity contribution in [1.29, 1.82) is 0 Å². The molecule has 0 bridgehead atoms. The molecule has 92 valence electrons. The van der Waals surface area contributed by atoms with Crippen molar-refractivity contribution in [3.63, 3.8) is 0 Å². The average molecular weight is 255 g/mol. The first-order chi connectivity index (χ1) is 8.00. The Kier molecular flexibility index (Phi) is 4.84. The van der Waals surface area contributed by atoms with Gasteiger partial charge in [-0.2, -0.15) is 0 Å². The van der Waals surface area contributed by atoms with Crippen LogP contribution in [-0.4, -0.2) is 26.9 Å². The molecule has 0 saturated heterocycles. The van der Waals surface area contributed by atoms with Crippen molar-refractivity contribution in [2.75, 3.05) is 5.75 Å². The number of nitrogens with two attached hydrogens (primary N) is 1. The van der Waals surface area contributed by atoms with Crippen LogP contribution in [0.1, 0.15) is 22.3 Å². The first kappa shape index (κ1) is 13.4. The molecule has 1 rings (SSSR count). The lowest BCUT2D eigenvalue weighted by atomic mass is 10.1. The third kappa shape index (κ3) is 4.36. The summed E-state index contributed by atoms with van der Waals surface area (Å²) >= 11 is 0. The van der Waals surface area contributed by atoms with Gasteiger partial charge >= 0.3 is 5.97 Å². The molecule has 0 heterocycles. The van der Waals surface area contributed by atoms with E-state index in [9.17, 15) is 13.8 Å². The molecule has 0 spiro atoms. The number of carbonyl (C=O) groups excluding carboxylic acids is 1. The van der Waals surface area contributed by atoms with Crippen molar-refractivity contribution in [2.45, 2.75) is 12.2 Å². The van der Waals surface area contributed by atoms with E-state index in [2.05, 4.69) is 0 Å². The molecule has 1 aromatic carbocycles. The first-order valence-electron chi connectivity index (χ1n) is 4.95. The summed E-state index contributed by atoms with van der Waals surface area (Å²) in [6.07, 6.45) is -0.147. The molecule has 1 aromatic rings. The Bertz CT molecular complexity index is 459. The first-order valence-corrected chi connectivity index (χ1v) is 6.44. The number of rotatable bonds is 6. The van der Waals surface area contributed by atoms with Crippen molar-refractivity contribution in [3.05, 3.63) is 35.4 Å². The molecule has 0 aliphatic heterocycles. The fourth-order valence-electron chi connectivity index (χ4n) is 1.33. The Balaban J connectivity index is 2.71. The lowest BCUT2D eigenvalue weighted by Crippen LogP contribution is -2.15. The highest BCUT2D eigenvalue weighted by Gasteiger charge is 2.11. The molecular formula is C11H13NO4S. The van der Waals surface area contributed by atoms with E-state index in [1.807, 2.05) is 0 Å². The molecule has 1 unspecified atom stereocenters. The van der Waals surface area contributed by atoms with Gasteiger partial charge in [-0.05, 0) is 11.6 Å². The van der Waals surface area contributed by atoms with Gasteiger partial charge in [0.15, 0.2) is 0 Å². The van der Waals surface area contributed by atoms with Gasteiger partial charge in [-0.3, -0.25) is 13.8 Å². The van der Waals surface area contributed by atoms with Gasteiger partial charge in [0.05, 0.1) is 6.42 Å². The Hall–Kier alpha value is -1.69. The number of amides is 1. The minimum Gasteiger partial charge on any atom is -0.481 e. The van der Waals surface area contributed by atoms with Crippen LogP contribution in [0.5, 0.6) is 0 Å². The predicted molar refractivity (Wildman–Crippen MR) is 63.9 cm³/mol. The van der Waals surface area contributed by atoms with Crippen LogP contribution in [0.25, 0.3) is 0 Å². The Morgan fingerprint density at radius 2 is 1.94 bits per heavy atom. The molecule has 5 nitrogen and oxygen atoms in total. The summed E-state index contributed by atoms with van der Waals surface area (Å²) in [6.45, 7) is 0. The average Bonchev–Trinajstić information content (AvgIpc) is 2.27. The highest BCUT2D eigenvalue weighted by Crippen LogP contribution is 2.11. The van der Waals surface area contributed by atoms with Crippen molar-refractivity contribution < 1.29 is 18.9 Å². The second kappa shape index (κ2) is 6.15. The number of carboxylic acid groups (broad SMARTS) is 1. The van der Waals surface area contributed by atoms with Gasteiger partial charge in [-0.15, -0.1) is 0 Å². The molecule has 6 heteroatoms. The topological polar surface area (TPSA) is 97.5 Å². The van der Waals surface area contributed by atoms with Gasteiger partial charge < -0.3 is 10.8 Å². The van der Waals surface area contributed by atoms with Gasteiger partial charge in [0.25, 0.3) is 0 Å². The quantitative estimate of drug-likeness (QED) is 0.773. The lowest BCUT2D eigenvalue weighted by Gasteiger charge is -2.05. The SMILES string of the molecule is NC(=O)c1ccccc1CS(=O)CCC(=O)O. The van der Waals surface area contributed by atoms with Crippen LogP contribution in [0, 0.1) is 0 Å². The van der Waals surface area contributed by atoms with E-state index in [1.165, 1.54) is 0 Å². The van der Waals surface area contributed by atoms with Crippen LogP contribution in [0.2, 0.25) is 0 Å². The standard InChI is InChI=1S/C11H13NO4S/c12-11(15)9-4-2-1-3-8(9)7-17(16)6-5-10(13)14/h1-4H,5-7H2,(H2,12,15)(H,13,14). The number of carboxylic acids is 1. The van der Waals surface area contributed by atoms with Crippen molar-refractivity contribution in [1.82, 2.24) is 0 Å². The maximum Gasteiger partial charge on any atom is 0.304 e. The largest absolute Gasteiger partial charge is 0.481 e. The molecule has 0 radical (unpaired) electrons. The lowest BCUT2D eigenvalue weighted by molar-refractivity contribution is -0.136. The summed E-state index contributed by atoms with van der Waals surface area (Å²) < 4.78 is 11.6. The molecule has 3 N–H and O–H groups in total. The summed E-state index contributed by atoms with van der Waals surface area (Å²) in [6, 6.07) is 6.62. The van der Waals surface area contributed by atoms with Gasteiger partial charge in [0.1, 0.15) is 0 Å². The summed E-state index contributed by atoms with van der Waals surface area (Å²) in [7, 11) is -1.31. The fourth-order valence-corrected chi connectivity index (χ4v) is 2.48. The number of aliphatic carboxylic acids is 1. The molecule has 1 amide bonds. The molecule has 17 heavy (non-hydrogen) atoms. The van der Waals surface area contributed by atoms with Crippen LogP contribution in [0.3, 0.4) is 0 Å². The minimum absolute atomic E-state index is 0.0719. The van der Waals surface area contributed by atoms with Crippen LogP contribution in [0.15, 0.2) is 24.3 Å². The Labute approximate surface area is 101 Å². The molecular weight excluding hydrogens is 242 g/mol. The number of carbonyl (C=O) groups is 2. The highest BCUT2D eigenvalue weighted by atomic mass is 32.2. The second-order valence-electron chi connectivity index (χ2n) is 3.45. The van der Waals surface area contributed by atoms with E-state index in [0.717, 1.165) is 0 Å². The van der Waals surface area contributed by atoms with E-state index in [1.54, 1.807) is 24.3 Å². The zero-order valence-corrected chi connectivity index (χ0v) is 9.90. The van der Waals surface area contributed by atoms with E-state index in [4.69, 9.17) is 10.8 Å². The third-order valence-electron chi connectivity index (χ3n) is 2.14. The predicted octanol–water partition coefficient (Wildman–Crippen LogP) is 0.509. The summed E-state index contributed by atoms with van der Waals surface area (Å²) in [4.78, 5) is 21.4. The normalized spacial score (nSPS) is 12.0. The van der Waals surface area contributed by atoms with Crippen LogP contribution in [0.4, 0.5) is 0 Å². The van der Waals surface area contributed by atoms with Gasteiger partial charge in [0, 0.05) is 27.9 Å². The van der Waals surface area contributed by atoms with Crippen LogP contribution in [-0.2, 0) is 21.3 Å². The summed E-state index contributed by atoms with van der Waals surface area (Å²) in [5, 5.41) is 8.46. The van der Waals surface area contributed by atoms with E-state index >= 15 is 0 Å². The number of hydrogen-bond donors (Lipinski definition) is 2. The maximum absolute atomic E-state index is 11.6. The zero-order chi connectivity index (χ0) is 12.8. The van der Waals surface area contributed by atoms with Crippen LogP contribution >= 0.6 is 0 Å². The van der Waals surface area contributed by atoms with E-state index in [0.29, 0.717) is 11.1 Å². The minimum atomic E-state index is -1.31. The summed E-state index contributed by atoms with van der Waals surface area (Å²) in [5.74, 6) is -1.34. The molecule has 0 fully saturated rings. The molecule has 1 atom stereocenters. The Morgan fingerprint density at radius 3 is 2.53 bits per heavy atom. The van der Waals surface area contributed by atoms with E-state index < -0.39 is 22.7 Å². The van der Waals surface area contributed by atoms with Crippen molar-refractivity contribution in [2.24, 2.45) is 5.73 Å². The highest BCUT2D eigenvalue weighted by molar-refractivity contribution is 7.84.